The molecule has 2 saturated heterocycles. The molecule has 7 nitrogen and oxygen atoms in total. The van der Waals surface area contributed by atoms with E-state index in [0.717, 1.165) is 13.1 Å². The van der Waals surface area contributed by atoms with Crippen LogP contribution in [0.2, 0.25) is 0 Å². The van der Waals surface area contributed by atoms with Gasteiger partial charge in [-0.05, 0) is 55.9 Å². The second-order valence-corrected chi connectivity index (χ2v) is 8.50. The van der Waals surface area contributed by atoms with Gasteiger partial charge in [0.2, 0.25) is 5.95 Å². The molecule has 160 valence electrons. The SMILES string of the molecule is CC(C)[C@H]1COC(=O)N1c1ccnc(N[C@H](C)c2ccc(N3CCCCC3)cc2)n1. The molecule has 0 spiro atoms. The van der Waals surface area contributed by atoms with Crippen LogP contribution < -0.4 is 15.1 Å². The Morgan fingerprint density at radius 1 is 1.07 bits per heavy atom. The van der Waals surface area contributed by atoms with Crippen molar-refractivity contribution in [2.45, 2.75) is 52.1 Å². The van der Waals surface area contributed by atoms with E-state index in [1.807, 2.05) is 0 Å². The van der Waals surface area contributed by atoms with E-state index in [4.69, 9.17) is 4.74 Å². The van der Waals surface area contributed by atoms with Crippen molar-refractivity contribution in [3.05, 3.63) is 42.1 Å². The summed E-state index contributed by atoms with van der Waals surface area (Å²) < 4.78 is 5.25. The highest BCUT2D eigenvalue weighted by Gasteiger charge is 2.37. The number of carbonyl (C=O) groups excluding carboxylic acids is 1. The van der Waals surface area contributed by atoms with Gasteiger partial charge in [0, 0.05) is 25.0 Å². The van der Waals surface area contributed by atoms with Gasteiger partial charge in [-0.3, -0.25) is 4.90 Å². The van der Waals surface area contributed by atoms with Gasteiger partial charge in [-0.2, -0.15) is 4.98 Å². The van der Waals surface area contributed by atoms with E-state index in [-0.39, 0.29) is 24.1 Å². The zero-order chi connectivity index (χ0) is 21.1. The topological polar surface area (TPSA) is 70.6 Å². The Bertz CT molecular complexity index is 864. The zero-order valence-electron chi connectivity index (χ0n) is 18.0. The Morgan fingerprint density at radius 3 is 2.50 bits per heavy atom. The van der Waals surface area contributed by atoms with Gasteiger partial charge in [0.25, 0.3) is 0 Å². The predicted molar refractivity (Wildman–Crippen MR) is 119 cm³/mol. The zero-order valence-corrected chi connectivity index (χ0v) is 18.0. The van der Waals surface area contributed by atoms with E-state index in [1.54, 1.807) is 17.2 Å². The van der Waals surface area contributed by atoms with Crippen molar-refractivity contribution in [2.75, 3.05) is 34.8 Å². The number of amides is 1. The van der Waals surface area contributed by atoms with Gasteiger partial charge < -0.3 is 15.0 Å². The maximum atomic E-state index is 12.2. The van der Waals surface area contributed by atoms with Crippen LogP contribution in [0, 0.1) is 5.92 Å². The molecule has 1 aromatic carbocycles. The fourth-order valence-electron chi connectivity index (χ4n) is 4.15. The molecule has 2 aromatic rings. The number of hydrogen-bond acceptors (Lipinski definition) is 6. The molecule has 1 N–H and O–H groups in total. The van der Waals surface area contributed by atoms with E-state index in [0.29, 0.717) is 18.4 Å². The summed E-state index contributed by atoms with van der Waals surface area (Å²) in [5.41, 5.74) is 2.46. The number of aromatic nitrogens is 2. The molecule has 2 atom stereocenters. The van der Waals surface area contributed by atoms with Gasteiger partial charge in [0.15, 0.2) is 0 Å². The monoisotopic (exact) mass is 409 g/mol. The number of rotatable bonds is 6. The fourth-order valence-corrected chi connectivity index (χ4v) is 4.15. The molecule has 3 heterocycles. The minimum atomic E-state index is -0.348. The number of ether oxygens (including phenoxy) is 1. The first-order valence-electron chi connectivity index (χ1n) is 10.9. The van der Waals surface area contributed by atoms with Gasteiger partial charge >= 0.3 is 6.09 Å². The van der Waals surface area contributed by atoms with Crippen LogP contribution in [-0.2, 0) is 4.74 Å². The number of nitrogens with zero attached hydrogens (tertiary/aromatic N) is 4. The van der Waals surface area contributed by atoms with Gasteiger partial charge in [0.1, 0.15) is 12.4 Å². The summed E-state index contributed by atoms with van der Waals surface area (Å²) in [5.74, 6) is 1.35. The Labute approximate surface area is 178 Å². The number of anilines is 3. The van der Waals surface area contributed by atoms with Crippen molar-refractivity contribution in [1.82, 2.24) is 9.97 Å². The molecule has 0 aliphatic carbocycles. The molecule has 2 aliphatic rings. The fraction of sp³-hybridized carbons (Fsp3) is 0.522. The molecule has 2 fully saturated rings. The van der Waals surface area contributed by atoms with Gasteiger partial charge in [-0.15, -0.1) is 0 Å². The van der Waals surface area contributed by atoms with E-state index in [2.05, 4.69) is 65.2 Å². The summed E-state index contributed by atoms with van der Waals surface area (Å²) >= 11 is 0. The molecule has 0 radical (unpaired) electrons. The highest BCUT2D eigenvalue weighted by Crippen LogP contribution is 2.27. The van der Waals surface area contributed by atoms with Crippen molar-refractivity contribution < 1.29 is 9.53 Å². The van der Waals surface area contributed by atoms with Crippen molar-refractivity contribution in [3.63, 3.8) is 0 Å². The first-order valence-corrected chi connectivity index (χ1v) is 10.9. The maximum absolute atomic E-state index is 12.2. The van der Waals surface area contributed by atoms with Crippen LogP contribution in [0.15, 0.2) is 36.5 Å². The maximum Gasteiger partial charge on any atom is 0.415 e. The van der Waals surface area contributed by atoms with Crippen LogP contribution in [0.25, 0.3) is 0 Å². The lowest BCUT2D eigenvalue weighted by Gasteiger charge is -2.29. The van der Waals surface area contributed by atoms with E-state index < -0.39 is 0 Å². The highest BCUT2D eigenvalue weighted by molar-refractivity contribution is 5.89. The number of nitrogens with one attached hydrogen (secondary N) is 1. The number of carbonyl (C=O) groups is 1. The lowest BCUT2D eigenvalue weighted by Crippen LogP contribution is -2.37. The Kier molecular flexibility index (Phi) is 6.06. The average Bonchev–Trinajstić information content (AvgIpc) is 3.16. The van der Waals surface area contributed by atoms with E-state index in [1.165, 1.54) is 30.5 Å². The van der Waals surface area contributed by atoms with Crippen molar-refractivity contribution in [1.29, 1.82) is 0 Å². The van der Waals surface area contributed by atoms with Crippen LogP contribution in [-0.4, -0.2) is 41.8 Å². The molecule has 7 heteroatoms. The normalized spacial score (nSPS) is 20.4. The molecule has 4 rings (SSSR count). The number of piperidine rings is 1. The minimum Gasteiger partial charge on any atom is -0.447 e. The lowest BCUT2D eigenvalue weighted by atomic mass is 10.0. The predicted octanol–water partition coefficient (Wildman–Crippen LogP) is 4.62. The van der Waals surface area contributed by atoms with E-state index >= 15 is 0 Å². The van der Waals surface area contributed by atoms with Crippen molar-refractivity contribution in [3.8, 4) is 0 Å². The largest absolute Gasteiger partial charge is 0.447 e. The van der Waals surface area contributed by atoms with Crippen LogP contribution >= 0.6 is 0 Å². The van der Waals surface area contributed by atoms with E-state index in [9.17, 15) is 4.79 Å². The van der Waals surface area contributed by atoms with Crippen LogP contribution in [0.4, 0.5) is 22.2 Å². The van der Waals surface area contributed by atoms with Crippen molar-refractivity contribution in [2.24, 2.45) is 5.92 Å². The Morgan fingerprint density at radius 2 is 1.80 bits per heavy atom. The standard InChI is InChI=1S/C23H31N5O2/c1-16(2)20-15-30-23(29)28(20)21-11-12-24-22(26-21)25-17(3)18-7-9-19(10-8-18)27-13-5-4-6-14-27/h7-12,16-17,20H,4-6,13-15H2,1-3H3,(H,24,25,26)/t17-,20-/m1/s1. The molecular weight excluding hydrogens is 378 g/mol. The molecular formula is C23H31N5O2. The summed E-state index contributed by atoms with van der Waals surface area (Å²) in [5, 5.41) is 3.37. The molecule has 0 unspecified atom stereocenters. The first kappa shape index (κ1) is 20.4. The molecule has 1 aromatic heterocycles. The number of cyclic esters (lactones) is 1. The second-order valence-electron chi connectivity index (χ2n) is 8.50. The van der Waals surface area contributed by atoms with Crippen LogP contribution in [0.5, 0.6) is 0 Å². The molecule has 0 bridgehead atoms. The number of hydrogen-bond donors (Lipinski definition) is 1. The van der Waals surface area contributed by atoms with Gasteiger partial charge in [-0.25, -0.2) is 9.78 Å². The molecule has 2 aliphatic heterocycles. The van der Waals surface area contributed by atoms with Crippen molar-refractivity contribution >= 4 is 23.5 Å². The molecule has 30 heavy (non-hydrogen) atoms. The minimum absolute atomic E-state index is 0.0139. The summed E-state index contributed by atoms with van der Waals surface area (Å²) in [7, 11) is 0. The first-order chi connectivity index (χ1) is 14.5. The summed E-state index contributed by atoms with van der Waals surface area (Å²) in [4.78, 5) is 25.3. The Balaban J connectivity index is 1.45. The third kappa shape index (κ3) is 4.35. The molecule has 0 saturated carbocycles. The summed E-state index contributed by atoms with van der Waals surface area (Å²) in [6.07, 6.45) is 5.21. The molecule has 1 amide bonds. The second kappa shape index (κ2) is 8.90. The number of benzene rings is 1. The van der Waals surface area contributed by atoms with Gasteiger partial charge in [-0.1, -0.05) is 26.0 Å². The quantitative estimate of drug-likeness (QED) is 0.751. The van der Waals surface area contributed by atoms with Gasteiger partial charge in [0.05, 0.1) is 12.1 Å². The van der Waals surface area contributed by atoms with Crippen LogP contribution in [0.1, 0.15) is 51.6 Å². The average molecular weight is 410 g/mol. The lowest BCUT2D eigenvalue weighted by molar-refractivity contribution is 0.177. The summed E-state index contributed by atoms with van der Waals surface area (Å²) in [6.45, 7) is 8.93. The van der Waals surface area contributed by atoms with Crippen LogP contribution in [0.3, 0.4) is 0 Å². The summed E-state index contributed by atoms with van der Waals surface area (Å²) in [6, 6.07) is 10.5. The third-order valence-electron chi connectivity index (χ3n) is 6.02. The highest BCUT2D eigenvalue weighted by atomic mass is 16.6. The smallest absolute Gasteiger partial charge is 0.415 e. The third-order valence-corrected chi connectivity index (χ3v) is 6.02. The Hall–Kier alpha value is -2.83.